The first-order valence-electron chi connectivity index (χ1n) is 7.47. The van der Waals surface area contributed by atoms with Gasteiger partial charge in [0.25, 0.3) is 0 Å². The zero-order valence-corrected chi connectivity index (χ0v) is 14.1. The lowest BCUT2D eigenvalue weighted by atomic mass is 10.2. The second-order valence-corrected chi connectivity index (χ2v) is 5.09. The molecule has 0 saturated heterocycles. The quantitative estimate of drug-likeness (QED) is 0.340. The predicted molar refractivity (Wildman–Crippen MR) is 90.4 cm³/mol. The molecule has 1 aromatic heterocycles. The lowest BCUT2D eigenvalue weighted by molar-refractivity contribution is -0.146. The van der Waals surface area contributed by atoms with E-state index in [0.717, 1.165) is 0 Å². The summed E-state index contributed by atoms with van der Waals surface area (Å²) in [6.45, 7) is 3.61. The highest BCUT2D eigenvalue weighted by Gasteiger charge is 2.22. The van der Waals surface area contributed by atoms with E-state index in [0.29, 0.717) is 22.1 Å². The fourth-order valence-corrected chi connectivity index (χ4v) is 2.23. The second kappa shape index (κ2) is 8.36. The first-order valence-corrected chi connectivity index (χ1v) is 7.85. The lowest BCUT2D eigenvalue weighted by Crippen LogP contribution is -2.18. The van der Waals surface area contributed by atoms with Crippen LogP contribution in [0.5, 0.6) is 0 Å². The van der Waals surface area contributed by atoms with Crippen molar-refractivity contribution in [1.82, 2.24) is 0 Å². The molecule has 0 aliphatic rings. The maximum Gasteiger partial charge on any atom is 0.345 e. The van der Waals surface area contributed by atoms with Crippen LogP contribution in [0.2, 0.25) is 5.02 Å². The van der Waals surface area contributed by atoms with E-state index in [4.69, 9.17) is 25.5 Å². The van der Waals surface area contributed by atoms with E-state index in [2.05, 4.69) is 0 Å². The molecule has 1 heterocycles. The van der Waals surface area contributed by atoms with Crippen LogP contribution in [0.15, 0.2) is 46.4 Å². The smallest absolute Gasteiger partial charge is 0.345 e. The number of rotatable bonds is 6. The summed E-state index contributed by atoms with van der Waals surface area (Å²) in [5, 5.41) is 0.540. The SMILES string of the molecule is CCOC(=O)C(=Cc1ccc(-c2ccccc2Cl)o1)C(=O)OCC. The molecule has 0 bridgehead atoms. The van der Waals surface area contributed by atoms with E-state index < -0.39 is 11.9 Å². The van der Waals surface area contributed by atoms with E-state index in [9.17, 15) is 9.59 Å². The maximum atomic E-state index is 11.9. The Morgan fingerprint density at radius 2 is 1.67 bits per heavy atom. The van der Waals surface area contributed by atoms with Crippen molar-refractivity contribution in [1.29, 1.82) is 0 Å². The zero-order valence-electron chi connectivity index (χ0n) is 13.4. The van der Waals surface area contributed by atoms with E-state index in [1.165, 1.54) is 6.08 Å². The van der Waals surface area contributed by atoms with Crippen molar-refractivity contribution in [3.8, 4) is 11.3 Å². The number of esters is 2. The molecule has 0 N–H and O–H groups in total. The molecule has 5 nitrogen and oxygen atoms in total. The summed E-state index contributed by atoms with van der Waals surface area (Å²) in [7, 11) is 0. The molecular formula is C18H17ClO5. The van der Waals surface area contributed by atoms with Gasteiger partial charge < -0.3 is 13.9 Å². The fourth-order valence-electron chi connectivity index (χ4n) is 2.00. The minimum absolute atomic E-state index is 0.151. The number of hydrogen-bond acceptors (Lipinski definition) is 5. The van der Waals surface area contributed by atoms with Crippen LogP contribution in [-0.4, -0.2) is 25.2 Å². The Kier molecular flexibility index (Phi) is 6.21. The number of ether oxygens (including phenoxy) is 2. The lowest BCUT2D eigenvalue weighted by Gasteiger charge is -2.05. The summed E-state index contributed by atoms with van der Waals surface area (Å²) < 4.78 is 15.4. The summed E-state index contributed by atoms with van der Waals surface area (Å²) >= 11 is 6.13. The van der Waals surface area contributed by atoms with Crippen molar-refractivity contribution in [2.75, 3.05) is 13.2 Å². The third kappa shape index (κ3) is 4.26. The Bertz CT molecular complexity index is 740. The largest absolute Gasteiger partial charge is 0.462 e. The summed E-state index contributed by atoms with van der Waals surface area (Å²) in [6.07, 6.45) is 1.30. The molecule has 2 aromatic rings. The predicted octanol–water partition coefficient (Wildman–Crippen LogP) is 4.11. The molecule has 1 aromatic carbocycles. The molecule has 0 unspecified atom stereocenters. The van der Waals surface area contributed by atoms with E-state index in [1.807, 2.05) is 18.2 Å². The van der Waals surface area contributed by atoms with Gasteiger partial charge >= 0.3 is 11.9 Å². The van der Waals surface area contributed by atoms with Gasteiger partial charge in [0.2, 0.25) is 0 Å². The van der Waals surface area contributed by atoms with Crippen molar-refractivity contribution in [2.24, 2.45) is 0 Å². The van der Waals surface area contributed by atoms with Crippen molar-refractivity contribution in [3.63, 3.8) is 0 Å². The maximum absolute atomic E-state index is 11.9. The number of hydrogen-bond donors (Lipinski definition) is 0. The molecule has 0 aliphatic carbocycles. The molecule has 2 rings (SSSR count). The van der Waals surface area contributed by atoms with Crippen molar-refractivity contribution in [3.05, 3.63) is 52.8 Å². The average molecular weight is 349 g/mol. The number of carbonyl (C=O) groups excluding carboxylic acids is 2. The van der Waals surface area contributed by atoms with E-state index >= 15 is 0 Å². The summed E-state index contributed by atoms with van der Waals surface area (Å²) in [4.78, 5) is 23.9. The minimum Gasteiger partial charge on any atom is -0.462 e. The van der Waals surface area contributed by atoms with Gasteiger partial charge in [-0.05, 0) is 38.1 Å². The number of halogens is 1. The normalized spacial score (nSPS) is 10.1. The first kappa shape index (κ1) is 17.8. The Labute approximate surface area is 144 Å². The van der Waals surface area contributed by atoms with Crippen molar-refractivity contribution < 1.29 is 23.5 Å². The molecule has 126 valence electrons. The molecule has 6 heteroatoms. The molecular weight excluding hydrogens is 332 g/mol. The number of furan rings is 1. The van der Waals surface area contributed by atoms with Gasteiger partial charge in [-0.15, -0.1) is 0 Å². The number of benzene rings is 1. The van der Waals surface area contributed by atoms with Gasteiger partial charge in [-0.1, -0.05) is 23.7 Å². The third-order valence-electron chi connectivity index (χ3n) is 3.04. The fraction of sp³-hybridized carbons (Fsp3) is 0.222. The monoisotopic (exact) mass is 348 g/mol. The number of carbonyl (C=O) groups is 2. The van der Waals surface area contributed by atoms with Crippen LogP contribution in [0.3, 0.4) is 0 Å². The first-order chi connectivity index (χ1) is 11.6. The van der Waals surface area contributed by atoms with Gasteiger partial charge in [0.15, 0.2) is 0 Å². The molecule has 0 amide bonds. The molecule has 0 aliphatic heterocycles. The van der Waals surface area contributed by atoms with Crippen LogP contribution in [0.25, 0.3) is 17.4 Å². The van der Waals surface area contributed by atoms with Gasteiger partial charge in [-0.25, -0.2) is 9.59 Å². The highest BCUT2D eigenvalue weighted by Crippen LogP contribution is 2.29. The molecule has 0 spiro atoms. The van der Waals surface area contributed by atoms with Gasteiger partial charge in [0.1, 0.15) is 17.1 Å². The van der Waals surface area contributed by atoms with E-state index in [1.54, 1.807) is 32.0 Å². The van der Waals surface area contributed by atoms with Crippen LogP contribution in [0, 0.1) is 0 Å². The molecule has 0 atom stereocenters. The standard InChI is InChI=1S/C18H17ClO5/c1-3-22-17(20)14(18(21)23-4-2)11-12-9-10-16(24-12)13-7-5-6-8-15(13)19/h5-11H,3-4H2,1-2H3. The summed E-state index contributed by atoms with van der Waals surface area (Å²) in [5.74, 6) is -0.668. The molecule has 0 saturated carbocycles. The Balaban J connectivity index is 2.34. The molecule has 24 heavy (non-hydrogen) atoms. The van der Waals surface area contributed by atoms with Gasteiger partial charge in [0.05, 0.1) is 18.2 Å². The van der Waals surface area contributed by atoms with Gasteiger partial charge in [0, 0.05) is 11.6 Å². The van der Waals surface area contributed by atoms with Gasteiger partial charge in [-0.2, -0.15) is 0 Å². The molecule has 0 radical (unpaired) electrons. The summed E-state index contributed by atoms with van der Waals surface area (Å²) in [5.41, 5.74) is 0.492. The van der Waals surface area contributed by atoms with Crippen LogP contribution >= 0.6 is 11.6 Å². The highest BCUT2D eigenvalue weighted by molar-refractivity contribution is 6.33. The Morgan fingerprint density at radius 1 is 1.04 bits per heavy atom. The second-order valence-electron chi connectivity index (χ2n) is 4.68. The Hall–Kier alpha value is -2.53. The average Bonchev–Trinajstić information content (AvgIpc) is 3.02. The van der Waals surface area contributed by atoms with E-state index in [-0.39, 0.29) is 18.8 Å². The van der Waals surface area contributed by atoms with Gasteiger partial charge in [-0.3, -0.25) is 0 Å². The van der Waals surface area contributed by atoms with Crippen LogP contribution in [-0.2, 0) is 19.1 Å². The van der Waals surface area contributed by atoms with Crippen molar-refractivity contribution in [2.45, 2.75) is 13.8 Å². The Morgan fingerprint density at radius 3 is 2.25 bits per heavy atom. The highest BCUT2D eigenvalue weighted by atomic mass is 35.5. The zero-order chi connectivity index (χ0) is 17.5. The minimum atomic E-state index is -0.758. The molecule has 0 fully saturated rings. The summed E-state index contributed by atoms with van der Waals surface area (Å²) in [6, 6.07) is 10.6. The third-order valence-corrected chi connectivity index (χ3v) is 3.37. The topological polar surface area (TPSA) is 65.7 Å². The van der Waals surface area contributed by atoms with Crippen LogP contribution in [0.4, 0.5) is 0 Å². The van der Waals surface area contributed by atoms with Crippen molar-refractivity contribution >= 4 is 29.6 Å². The van der Waals surface area contributed by atoms with Crippen LogP contribution < -0.4 is 0 Å². The van der Waals surface area contributed by atoms with Crippen LogP contribution in [0.1, 0.15) is 19.6 Å².